The van der Waals surface area contributed by atoms with Gasteiger partial charge in [0, 0.05) is 17.7 Å². The summed E-state index contributed by atoms with van der Waals surface area (Å²) >= 11 is 0. The van der Waals surface area contributed by atoms with E-state index in [1.807, 2.05) is 6.92 Å². The summed E-state index contributed by atoms with van der Waals surface area (Å²) in [6.45, 7) is 8.95. The zero-order valence-corrected chi connectivity index (χ0v) is 20.5. The highest BCUT2D eigenvalue weighted by atomic mass is 32.2. The molecule has 3 aromatic rings. The van der Waals surface area contributed by atoms with Crippen molar-refractivity contribution in [3.8, 4) is 0 Å². The van der Waals surface area contributed by atoms with E-state index in [1.165, 1.54) is 16.1 Å². The quantitative estimate of drug-likeness (QED) is 0.611. The first-order valence-electron chi connectivity index (χ1n) is 11.0. The highest BCUT2D eigenvalue weighted by Crippen LogP contribution is 2.34. The van der Waals surface area contributed by atoms with Crippen LogP contribution in [0.15, 0.2) is 54.7 Å². The van der Waals surface area contributed by atoms with E-state index < -0.39 is 10.0 Å². The van der Waals surface area contributed by atoms with Crippen molar-refractivity contribution < 1.29 is 13.2 Å². The summed E-state index contributed by atoms with van der Waals surface area (Å²) < 4.78 is 27.4. The van der Waals surface area contributed by atoms with E-state index in [1.54, 1.807) is 35.1 Å². The average molecular weight is 467 g/mol. The van der Waals surface area contributed by atoms with Gasteiger partial charge in [-0.2, -0.15) is 5.10 Å². The van der Waals surface area contributed by atoms with Crippen molar-refractivity contribution in [2.75, 3.05) is 15.9 Å². The summed E-state index contributed by atoms with van der Waals surface area (Å²) in [7, 11) is -3.36. The predicted molar refractivity (Wildman–Crippen MR) is 131 cm³/mol. The van der Waals surface area contributed by atoms with Crippen LogP contribution < -0.4 is 9.62 Å². The number of carbonyl (C=O) groups excluding carboxylic acids is 1. The van der Waals surface area contributed by atoms with Gasteiger partial charge in [0.2, 0.25) is 10.0 Å². The average Bonchev–Trinajstić information content (AvgIpc) is 3.29. The molecule has 33 heavy (non-hydrogen) atoms. The number of benzene rings is 2. The van der Waals surface area contributed by atoms with Crippen molar-refractivity contribution in [2.24, 2.45) is 0 Å². The van der Waals surface area contributed by atoms with Crippen LogP contribution in [-0.4, -0.2) is 36.4 Å². The molecule has 0 fully saturated rings. The molecule has 7 nitrogen and oxygen atoms in total. The minimum Gasteiger partial charge on any atom is -0.307 e. The Bertz CT molecular complexity index is 1290. The molecule has 0 spiro atoms. The lowest BCUT2D eigenvalue weighted by atomic mass is 9.87. The molecule has 1 atom stereocenters. The molecule has 1 aromatic heterocycles. The molecule has 0 bridgehead atoms. The van der Waals surface area contributed by atoms with Gasteiger partial charge in [-0.3, -0.25) is 9.10 Å². The van der Waals surface area contributed by atoms with Crippen LogP contribution in [0, 0.1) is 0 Å². The Labute approximate surface area is 195 Å². The number of aromatic nitrogens is 2. The highest BCUT2D eigenvalue weighted by molar-refractivity contribution is 7.92. The van der Waals surface area contributed by atoms with Gasteiger partial charge >= 0.3 is 0 Å². The smallest absolute Gasteiger partial charge is 0.256 e. The Morgan fingerprint density at radius 2 is 1.82 bits per heavy atom. The number of anilines is 2. The van der Waals surface area contributed by atoms with Crippen molar-refractivity contribution in [3.05, 3.63) is 77.0 Å². The van der Waals surface area contributed by atoms with Crippen molar-refractivity contribution in [3.63, 3.8) is 0 Å². The zero-order valence-electron chi connectivity index (χ0n) is 19.7. The molecule has 2 aromatic carbocycles. The first-order valence-corrected chi connectivity index (χ1v) is 12.8. The lowest BCUT2D eigenvalue weighted by Crippen LogP contribution is -2.34. The number of amides is 1. The molecular formula is C25H30N4O3S. The Hall–Kier alpha value is -3.13. The SMILES string of the molecule is CC1Cc2cc(C(=O)Nc3ccnn3Cc3ccc(C(C)(C)C)cc3)ccc2N1S(C)(=O)=O. The summed E-state index contributed by atoms with van der Waals surface area (Å²) in [6, 6.07) is 15.2. The number of nitrogens with zero attached hydrogens (tertiary/aromatic N) is 3. The summed E-state index contributed by atoms with van der Waals surface area (Å²) in [5.41, 5.74) is 4.43. The van der Waals surface area contributed by atoms with Gasteiger partial charge in [-0.25, -0.2) is 13.1 Å². The van der Waals surface area contributed by atoms with E-state index in [0.717, 1.165) is 11.1 Å². The molecule has 1 N–H and O–H groups in total. The summed E-state index contributed by atoms with van der Waals surface area (Å²) in [5, 5.41) is 7.30. The largest absolute Gasteiger partial charge is 0.307 e. The number of rotatable bonds is 5. The number of sulfonamides is 1. The summed E-state index contributed by atoms with van der Waals surface area (Å²) in [5.74, 6) is 0.347. The third kappa shape index (κ3) is 4.80. The third-order valence-corrected chi connectivity index (χ3v) is 7.23. The van der Waals surface area contributed by atoms with Crippen LogP contribution >= 0.6 is 0 Å². The fourth-order valence-electron chi connectivity index (χ4n) is 4.29. The van der Waals surface area contributed by atoms with Gasteiger partial charge in [-0.15, -0.1) is 0 Å². The molecule has 8 heteroatoms. The van der Waals surface area contributed by atoms with E-state index in [0.29, 0.717) is 30.0 Å². The molecule has 1 amide bonds. The normalized spacial score (nSPS) is 16.0. The van der Waals surface area contributed by atoms with Crippen LogP contribution in [0.1, 0.15) is 54.7 Å². The van der Waals surface area contributed by atoms with Crippen molar-refractivity contribution in [2.45, 2.75) is 52.1 Å². The lowest BCUT2D eigenvalue weighted by molar-refractivity contribution is 0.102. The van der Waals surface area contributed by atoms with Crippen LogP contribution in [0.4, 0.5) is 11.5 Å². The summed E-state index contributed by atoms with van der Waals surface area (Å²) in [6.07, 6.45) is 3.44. The number of nitrogens with one attached hydrogen (secondary N) is 1. The Morgan fingerprint density at radius 1 is 1.12 bits per heavy atom. The topological polar surface area (TPSA) is 84.3 Å². The van der Waals surface area contributed by atoms with E-state index in [-0.39, 0.29) is 17.4 Å². The highest BCUT2D eigenvalue weighted by Gasteiger charge is 2.32. The Kier molecular flexibility index (Phi) is 5.82. The van der Waals surface area contributed by atoms with Crippen LogP contribution in [-0.2, 0) is 28.4 Å². The monoisotopic (exact) mass is 466 g/mol. The molecule has 0 saturated carbocycles. The molecule has 0 radical (unpaired) electrons. The Morgan fingerprint density at radius 3 is 2.45 bits per heavy atom. The van der Waals surface area contributed by atoms with E-state index in [2.05, 4.69) is 55.5 Å². The first kappa shape index (κ1) is 23.0. The second-order valence-corrected chi connectivity index (χ2v) is 11.6. The van der Waals surface area contributed by atoms with Gasteiger partial charge in [-0.05, 0) is 53.6 Å². The minimum absolute atomic E-state index is 0.0926. The van der Waals surface area contributed by atoms with Crippen LogP contribution in [0.5, 0.6) is 0 Å². The van der Waals surface area contributed by atoms with E-state index in [9.17, 15) is 13.2 Å². The van der Waals surface area contributed by atoms with Gasteiger partial charge in [0.15, 0.2) is 0 Å². The van der Waals surface area contributed by atoms with Crippen LogP contribution in [0.2, 0.25) is 0 Å². The molecule has 2 heterocycles. The molecule has 174 valence electrons. The van der Waals surface area contributed by atoms with Gasteiger partial charge in [0.25, 0.3) is 5.91 Å². The molecule has 1 aliphatic rings. The first-order chi connectivity index (χ1) is 15.4. The van der Waals surface area contributed by atoms with E-state index in [4.69, 9.17) is 0 Å². The molecule has 1 unspecified atom stereocenters. The molecule has 0 saturated heterocycles. The summed E-state index contributed by atoms with van der Waals surface area (Å²) in [4.78, 5) is 12.9. The van der Waals surface area contributed by atoms with Gasteiger partial charge in [-0.1, -0.05) is 45.0 Å². The predicted octanol–water partition coefficient (Wildman–Crippen LogP) is 4.19. The Balaban J connectivity index is 1.50. The van der Waals surface area contributed by atoms with Gasteiger partial charge in [0.05, 0.1) is 24.7 Å². The van der Waals surface area contributed by atoms with Crippen molar-refractivity contribution >= 4 is 27.4 Å². The van der Waals surface area contributed by atoms with Crippen LogP contribution in [0.3, 0.4) is 0 Å². The maximum Gasteiger partial charge on any atom is 0.256 e. The molecule has 1 aliphatic heterocycles. The minimum atomic E-state index is -3.36. The molecule has 0 aliphatic carbocycles. The third-order valence-electron chi connectivity index (χ3n) is 5.96. The zero-order chi connectivity index (χ0) is 24.0. The van der Waals surface area contributed by atoms with E-state index >= 15 is 0 Å². The van der Waals surface area contributed by atoms with Crippen molar-refractivity contribution in [1.82, 2.24) is 9.78 Å². The molecule has 4 rings (SSSR count). The number of hydrogen-bond acceptors (Lipinski definition) is 4. The fourth-order valence-corrected chi connectivity index (χ4v) is 5.55. The lowest BCUT2D eigenvalue weighted by Gasteiger charge is -2.21. The standard InChI is InChI=1S/C25H30N4O3S/c1-17-14-20-15-19(8-11-22(20)29(17)33(5,31)32)24(30)27-23-12-13-26-28(23)16-18-6-9-21(10-7-18)25(2,3)4/h6-13,15,17H,14,16H2,1-5H3,(H,27,30). The second kappa shape index (κ2) is 8.33. The van der Waals surface area contributed by atoms with Crippen molar-refractivity contribution in [1.29, 1.82) is 0 Å². The molecular weight excluding hydrogens is 436 g/mol. The number of carbonyl (C=O) groups is 1. The maximum atomic E-state index is 12.9. The number of hydrogen-bond donors (Lipinski definition) is 1. The fraction of sp³-hybridized carbons (Fsp3) is 0.360. The second-order valence-electron chi connectivity index (χ2n) is 9.73. The van der Waals surface area contributed by atoms with Crippen LogP contribution in [0.25, 0.3) is 0 Å². The van der Waals surface area contributed by atoms with Gasteiger partial charge < -0.3 is 5.32 Å². The maximum absolute atomic E-state index is 12.9. The van der Waals surface area contributed by atoms with Gasteiger partial charge in [0.1, 0.15) is 5.82 Å². The number of fused-ring (bicyclic) bond motifs is 1.